The van der Waals surface area contributed by atoms with E-state index in [9.17, 15) is 18.0 Å². The van der Waals surface area contributed by atoms with E-state index in [1.54, 1.807) is 19.2 Å². The summed E-state index contributed by atoms with van der Waals surface area (Å²) in [7, 11) is 1.60. The molecular formula is C30H26F3N5O2S. The summed E-state index contributed by atoms with van der Waals surface area (Å²) in [4.78, 5) is 20.5. The molecule has 0 bridgehead atoms. The molecule has 41 heavy (non-hydrogen) atoms. The number of amides is 1. The lowest BCUT2D eigenvalue weighted by Gasteiger charge is -2.20. The van der Waals surface area contributed by atoms with Crippen LogP contribution in [0.4, 0.5) is 24.0 Å². The Kier molecular flexibility index (Phi) is 6.77. The van der Waals surface area contributed by atoms with E-state index in [-0.39, 0.29) is 17.9 Å². The van der Waals surface area contributed by atoms with Crippen molar-refractivity contribution in [3.05, 3.63) is 93.9 Å². The number of fused-ring (bicyclic) bond motifs is 1. The third-order valence-corrected chi connectivity index (χ3v) is 8.22. The standard InChI is InChI=1S/C30H26F3N5O2S/c1-18-27(35-28(41-18)34-26(39)15-19-5-10-24(40-2)11-6-19)22-7-12-25-21(16-22)13-14-38(25)17-20-3-8-23(9-4-20)29(36-37-29)30(31,32)33/h3-12,16H,13-15,17H2,1-2H3,(H,34,35,39). The van der Waals surface area contributed by atoms with E-state index < -0.39 is 11.8 Å². The van der Waals surface area contributed by atoms with Crippen molar-refractivity contribution < 1.29 is 22.7 Å². The molecule has 0 aliphatic carbocycles. The van der Waals surface area contributed by atoms with Crippen molar-refractivity contribution in [2.24, 2.45) is 10.2 Å². The summed E-state index contributed by atoms with van der Waals surface area (Å²) < 4.78 is 45.0. The molecule has 0 atom stereocenters. The van der Waals surface area contributed by atoms with Gasteiger partial charge in [-0.3, -0.25) is 4.79 Å². The lowest BCUT2D eigenvalue weighted by molar-refractivity contribution is -0.166. The van der Waals surface area contributed by atoms with E-state index in [1.807, 2.05) is 37.3 Å². The lowest BCUT2D eigenvalue weighted by atomic mass is 10.0. The van der Waals surface area contributed by atoms with Crippen LogP contribution >= 0.6 is 11.3 Å². The van der Waals surface area contributed by atoms with Crippen LogP contribution in [0, 0.1) is 6.92 Å². The van der Waals surface area contributed by atoms with Gasteiger partial charge in [0.05, 0.1) is 19.2 Å². The molecule has 1 amide bonds. The maximum atomic E-state index is 13.3. The number of anilines is 2. The van der Waals surface area contributed by atoms with E-state index in [2.05, 4.69) is 32.6 Å². The summed E-state index contributed by atoms with van der Waals surface area (Å²) in [5, 5.41) is 10.0. The van der Waals surface area contributed by atoms with Gasteiger partial charge in [0.1, 0.15) is 5.75 Å². The Morgan fingerprint density at radius 3 is 2.41 bits per heavy atom. The van der Waals surface area contributed by atoms with Crippen LogP contribution in [0.15, 0.2) is 77.0 Å². The highest BCUT2D eigenvalue weighted by molar-refractivity contribution is 7.16. The van der Waals surface area contributed by atoms with Crippen LogP contribution in [0.3, 0.4) is 0 Å². The van der Waals surface area contributed by atoms with Gasteiger partial charge < -0.3 is 15.0 Å². The topological polar surface area (TPSA) is 79.2 Å². The maximum Gasteiger partial charge on any atom is 0.442 e. The summed E-state index contributed by atoms with van der Waals surface area (Å²) in [6.07, 6.45) is -3.44. The fraction of sp³-hybridized carbons (Fsp3) is 0.267. The van der Waals surface area contributed by atoms with Gasteiger partial charge in [-0.15, -0.1) is 21.6 Å². The number of halogens is 3. The molecule has 3 aromatic carbocycles. The first kappa shape index (κ1) is 26.9. The van der Waals surface area contributed by atoms with Gasteiger partial charge in [0.25, 0.3) is 0 Å². The number of carbonyl (C=O) groups is 1. The summed E-state index contributed by atoms with van der Waals surface area (Å²) in [6, 6.07) is 19.9. The maximum absolute atomic E-state index is 13.3. The number of nitrogens with zero attached hydrogens (tertiary/aromatic N) is 4. The van der Waals surface area contributed by atoms with Crippen molar-refractivity contribution >= 4 is 28.1 Å². The van der Waals surface area contributed by atoms with Gasteiger partial charge in [-0.2, -0.15) is 13.2 Å². The van der Waals surface area contributed by atoms with Crippen molar-refractivity contribution in [3.63, 3.8) is 0 Å². The number of rotatable bonds is 8. The molecule has 0 unspecified atom stereocenters. The minimum absolute atomic E-state index is 0.0372. The molecule has 7 nitrogen and oxygen atoms in total. The first-order valence-electron chi connectivity index (χ1n) is 13.0. The zero-order valence-corrected chi connectivity index (χ0v) is 23.1. The summed E-state index contributed by atoms with van der Waals surface area (Å²) in [6.45, 7) is 3.38. The van der Waals surface area contributed by atoms with Gasteiger partial charge in [-0.25, -0.2) is 4.98 Å². The van der Waals surface area contributed by atoms with Gasteiger partial charge in [0.15, 0.2) is 5.13 Å². The molecule has 4 aromatic rings. The van der Waals surface area contributed by atoms with Crippen molar-refractivity contribution in [2.45, 2.75) is 38.1 Å². The Morgan fingerprint density at radius 2 is 1.76 bits per heavy atom. The van der Waals surface area contributed by atoms with Crippen LogP contribution in [0.1, 0.15) is 27.1 Å². The Hall–Kier alpha value is -4.25. The first-order chi connectivity index (χ1) is 19.6. The highest BCUT2D eigenvalue weighted by atomic mass is 32.1. The fourth-order valence-corrected chi connectivity index (χ4v) is 5.95. The SMILES string of the molecule is COc1ccc(CC(=O)Nc2nc(-c3ccc4c(c3)CCN4Cc3ccc(C4(C(F)(F)F)N=N4)cc3)c(C)s2)cc1. The zero-order chi connectivity index (χ0) is 28.8. The number of carbonyl (C=O) groups excluding carboxylic acids is 1. The van der Waals surface area contributed by atoms with Crippen molar-refractivity contribution in [1.82, 2.24) is 4.98 Å². The fourth-order valence-electron chi connectivity index (χ4n) is 5.10. The molecule has 0 radical (unpaired) electrons. The predicted molar refractivity (Wildman–Crippen MR) is 151 cm³/mol. The molecule has 11 heteroatoms. The van der Waals surface area contributed by atoms with Crippen LogP contribution < -0.4 is 15.0 Å². The monoisotopic (exact) mass is 577 g/mol. The Balaban J connectivity index is 1.11. The molecule has 0 spiro atoms. The zero-order valence-electron chi connectivity index (χ0n) is 22.3. The van der Waals surface area contributed by atoms with E-state index in [0.717, 1.165) is 51.7 Å². The number of alkyl halides is 3. The summed E-state index contributed by atoms with van der Waals surface area (Å²) >= 11 is 1.44. The van der Waals surface area contributed by atoms with E-state index in [1.165, 1.54) is 29.0 Å². The smallest absolute Gasteiger partial charge is 0.442 e. The van der Waals surface area contributed by atoms with Crippen molar-refractivity contribution in [3.8, 4) is 17.0 Å². The number of thiazole rings is 1. The quantitative estimate of drug-likeness (QED) is 0.243. The second-order valence-corrected chi connectivity index (χ2v) is 11.3. The number of methoxy groups -OCH3 is 1. The number of ether oxygens (including phenoxy) is 1. The number of aryl methyl sites for hydroxylation is 1. The van der Waals surface area contributed by atoms with E-state index in [0.29, 0.717) is 11.7 Å². The largest absolute Gasteiger partial charge is 0.497 e. The van der Waals surface area contributed by atoms with Crippen LogP contribution in [0.25, 0.3) is 11.3 Å². The Morgan fingerprint density at radius 1 is 1.05 bits per heavy atom. The molecule has 0 fully saturated rings. The van der Waals surface area contributed by atoms with Crippen LogP contribution in [-0.4, -0.2) is 30.7 Å². The molecular weight excluding hydrogens is 551 g/mol. The van der Waals surface area contributed by atoms with Crippen molar-refractivity contribution in [2.75, 3.05) is 23.9 Å². The second kappa shape index (κ2) is 10.3. The molecule has 210 valence electrons. The minimum Gasteiger partial charge on any atom is -0.497 e. The average molecular weight is 578 g/mol. The molecule has 0 saturated heterocycles. The lowest BCUT2D eigenvalue weighted by Crippen LogP contribution is -2.30. The van der Waals surface area contributed by atoms with Gasteiger partial charge >= 0.3 is 11.8 Å². The minimum atomic E-state index is -4.53. The normalized spacial score (nSPS) is 15.1. The summed E-state index contributed by atoms with van der Waals surface area (Å²) in [5.41, 5.74) is 3.53. The molecule has 3 heterocycles. The van der Waals surface area contributed by atoms with Gasteiger partial charge in [0, 0.05) is 34.8 Å². The number of hydrogen-bond donors (Lipinski definition) is 1. The molecule has 1 aromatic heterocycles. The Bertz CT molecular complexity index is 1630. The molecule has 0 saturated carbocycles. The van der Waals surface area contributed by atoms with Gasteiger partial charge in [-0.05, 0) is 54.3 Å². The second-order valence-electron chi connectivity index (χ2n) is 10.1. The third kappa shape index (κ3) is 5.29. The summed E-state index contributed by atoms with van der Waals surface area (Å²) in [5.74, 6) is 0.604. The van der Waals surface area contributed by atoms with Gasteiger partial charge in [0.2, 0.25) is 5.91 Å². The number of aromatic nitrogens is 1. The number of nitrogens with one attached hydrogen (secondary N) is 1. The average Bonchev–Trinajstić information content (AvgIpc) is 3.58. The highest BCUT2D eigenvalue weighted by Crippen LogP contribution is 2.52. The molecule has 1 N–H and O–H groups in total. The van der Waals surface area contributed by atoms with Crippen molar-refractivity contribution in [1.29, 1.82) is 0 Å². The third-order valence-electron chi connectivity index (χ3n) is 7.34. The number of hydrogen-bond acceptors (Lipinski definition) is 7. The van der Waals surface area contributed by atoms with Gasteiger partial charge in [-0.1, -0.05) is 42.5 Å². The van der Waals surface area contributed by atoms with E-state index in [4.69, 9.17) is 9.72 Å². The Labute approximate surface area is 238 Å². The van der Waals surface area contributed by atoms with E-state index >= 15 is 0 Å². The molecule has 2 aliphatic heterocycles. The van der Waals surface area contributed by atoms with Crippen LogP contribution in [0.5, 0.6) is 5.75 Å². The number of benzene rings is 3. The first-order valence-corrected chi connectivity index (χ1v) is 13.9. The van der Waals surface area contributed by atoms with Crippen LogP contribution in [-0.2, 0) is 29.8 Å². The van der Waals surface area contributed by atoms with Crippen LogP contribution in [0.2, 0.25) is 0 Å². The highest BCUT2D eigenvalue weighted by Gasteiger charge is 2.65. The predicted octanol–water partition coefficient (Wildman–Crippen LogP) is 7.05. The molecule has 2 aliphatic rings. The molecule has 6 rings (SSSR count).